The van der Waals surface area contributed by atoms with Gasteiger partial charge in [-0.15, -0.1) is 0 Å². The topological polar surface area (TPSA) is 32.8 Å². The highest BCUT2D eigenvalue weighted by atomic mass is 16.5. The molecule has 4 nitrogen and oxygen atoms in total. The zero-order chi connectivity index (χ0) is 14.0. The monoisotopic (exact) mass is 256 g/mol. The van der Waals surface area contributed by atoms with Crippen molar-refractivity contribution in [2.24, 2.45) is 5.41 Å². The van der Waals surface area contributed by atoms with Crippen molar-refractivity contribution in [2.75, 3.05) is 32.9 Å². The van der Waals surface area contributed by atoms with Gasteiger partial charge in [0, 0.05) is 31.7 Å². The van der Waals surface area contributed by atoms with Gasteiger partial charge < -0.3 is 4.74 Å². The molecular formula is C14H28N2O2. The summed E-state index contributed by atoms with van der Waals surface area (Å²) in [4.78, 5) is 16.3. The SMILES string of the molecule is CC(C)(C)C(=O)OCN1CCN(C(C)(C)C)CC1. The Morgan fingerprint density at radius 3 is 1.89 bits per heavy atom. The van der Waals surface area contributed by atoms with Crippen LogP contribution in [-0.2, 0) is 9.53 Å². The third kappa shape index (κ3) is 4.58. The van der Waals surface area contributed by atoms with Crippen molar-refractivity contribution in [3.8, 4) is 0 Å². The Morgan fingerprint density at radius 1 is 1.00 bits per heavy atom. The first-order chi connectivity index (χ1) is 8.10. The molecule has 0 bridgehead atoms. The number of hydrogen-bond donors (Lipinski definition) is 0. The molecule has 0 atom stereocenters. The first kappa shape index (κ1) is 15.4. The average Bonchev–Trinajstić information content (AvgIpc) is 2.24. The molecule has 1 saturated heterocycles. The molecule has 1 aliphatic heterocycles. The second-order valence-electron chi connectivity index (χ2n) is 7.09. The second kappa shape index (κ2) is 5.57. The third-order valence-electron chi connectivity index (χ3n) is 3.31. The minimum absolute atomic E-state index is 0.124. The molecule has 0 spiro atoms. The Balaban J connectivity index is 2.31. The van der Waals surface area contributed by atoms with Crippen LogP contribution >= 0.6 is 0 Å². The van der Waals surface area contributed by atoms with E-state index in [-0.39, 0.29) is 11.5 Å². The fraction of sp³-hybridized carbons (Fsp3) is 0.929. The van der Waals surface area contributed by atoms with Crippen molar-refractivity contribution in [1.29, 1.82) is 0 Å². The summed E-state index contributed by atoms with van der Waals surface area (Å²) in [7, 11) is 0. The number of rotatable bonds is 2. The van der Waals surface area contributed by atoms with E-state index in [1.54, 1.807) is 0 Å². The van der Waals surface area contributed by atoms with Gasteiger partial charge in [0.2, 0.25) is 0 Å². The summed E-state index contributed by atoms with van der Waals surface area (Å²) >= 11 is 0. The minimum atomic E-state index is -0.409. The van der Waals surface area contributed by atoms with Gasteiger partial charge in [-0.1, -0.05) is 0 Å². The largest absolute Gasteiger partial charge is 0.449 e. The Kier molecular flexibility index (Phi) is 4.78. The minimum Gasteiger partial charge on any atom is -0.449 e. The predicted molar refractivity (Wildman–Crippen MR) is 73.3 cm³/mol. The van der Waals surface area contributed by atoms with Crippen molar-refractivity contribution >= 4 is 5.97 Å². The summed E-state index contributed by atoms with van der Waals surface area (Å²) in [6.45, 7) is 16.8. The number of esters is 1. The van der Waals surface area contributed by atoms with Gasteiger partial charge in [0.15, 0.2) is 0 Å². The second-order valence-corrected chi connectivity index (χ2v) is 7.09. The molecule has 4 heteroatoms. The number of ether oxygens (including phenoxy) is 1. The van der Waals surface area contributed by atoms with Gasteiger partial charge >= 0.3 is 5.97 Å². The van der Waals surface area contributed by atoms with Gasteiger partial charge in [-0.2, -0.15) is 0 Å². The number of piperazine rings is 1. The van der Waals surface area contributed by atoms with Gasteiger partial charge in [0.25, 0.3) is 0 Å². The lowest BCUT2D eigenvalue weighted by molar-refractivity contribution is -0.159. The van der Waals surface area contributed by atoms with Gasteiger partial charge in [0.05, 0.1) is 5.41 Å². The molecule has 1 rings (SSSR count). The van der Waals surface area contributed by atoms with Crippen molar-refractivity contribution in [3.63, 3.8) is 0 Å². The zero-order valence-electron chi connectivity index (χ0n) is 12.7. The van der Waals surface area contributed by atoms with Crippen LogP contribution in [0.25, 0.3) is 0 Å². The lowest BCUT2D eigenvalue weighted by Gasteiger charge is -2.42. The first-order valence-corrected chi connectivity index (χ1v) is 6.75. The van der Waals surface area contributed by atoms with Crippen molar-refractivity contribution < 1.29 is 9.53 Å². The molecule has 0 aromatic heterocycles. The first-order valence-electron chi connectivity index (χ1n) is 6.75. The molecular weight excluding hydrogens is 228 g/mol. The lowest BCUT2D eigenvalue weighted by Crippen LogP contribution is -2.53. The summed E-state index contributed by atoms with van der Waals surface area (Å²) in [6.07, 6.45) is 0. The van der Waals surface area contributed by atoms with Crippen LogP contribution in [-0.4, -0.2) is 54.2 Å². The van der Waals surface area contributed by atoms with Crippen LogP contribution in [0, 0.1) is 5.41 Å². The molecule has 0 aliphatic carbocycles. The maximum absolute atomic E-state index is 11.7. The van der Waals surface area contributed by atoms with Crippen molar-refractivity contribution in [3.05, 3.63) is 0 Å². The van der Waals surface area contributed by atoms with Gasteiger partial charge in [-0.25, -0.2) is 0 Å². The van der Waals surface area contributed by atoms with Crippen molar-refractivity contribution in [2.45, 2.75) is 47.1 Å². The highest BCUT2D eigenvalue weighted by Gasteiger charge is 2.27. The highest BCUT2D eigenvalue weighted by Crippen LogP contribution is 2.17. The van der Waals surface area contributed by atoms with Gasteiger partial charge in [-0.3, -0.25) is 14.6 Å². The van der Waals surface area contributed by atoms with Crippen LogP contribution in [0.1, 0.15) is 41.5 Å². The quantitative estimate of drug-likeness (QED) is 0.707. The highest BCUT2D eigenvalue weighted by molar-refractivity contribution is 5.75. The van der Waals surface area contributed by atoms with E-state index in [9.17, 15) is 4.79 Å². The smallest absolute Gasteiger partial charge is 0.312 e. The summed E-state index contributed by atoms with van der Waals surface area (Å²) in [5.74, 6) is -0.124. The predicted octanol–water partition coefficient (Wildman–Crippen LogP) is 1.95. The molecule has 1 fully saturated rings. The fourth-order valence-electron chi connectivity index (χ4n) is 1.91. The Labute approximate surface area is 111 Å². The Hall–Kier alpha value is -0.610. The fourth-order valence-corrected chi connectivity index (χ4v) is 1.91. The molecule has 1 aliphatic rings. The number of carbonyl (C=O) groups is 1. The number of carbonyl (C=O) groups excluding carboxylic acids is 1. The van der Waals surface area contributed by atoms with Crippen LogP contribution in [0.4, 0.5) is 0 Å². The van der Waals surface area contributed by atoms with Crippen LogP contribution < -0.4 is 0 Å². The molecule has 0 amide bonds. The molecule has 1 heterocycles. The maximum atomic E-state index is 11.7. The molecule has 0 aromatic carbocycles. The number of nitrogens with zero attached hydrogens (tertiary/aromatic N) is 2. The van der Waals surface area contributed by atoms with E-state index in [2.05, 4.69) is 30.6 Å². The van der Waals surface area contributed by atoms with E-state index in [4.69, 9.17) is 4.74 Å². The van der Waals surface area contributed by atoms with E-state index in [0.717, 1.165) is 26.2 Å². The van der Waals surface area contributed by atoms with E-state index in [1.807, 2.05) is 20.8 Å². The molecule has 0 N–H and O–H groups in total. The zero-order valence-corrected chi connectivity index (χ0v) is 12.7. The van der Waals surface area contributed by atoms with Crippen molar-refractivity contribution in [1.82, 2.24) is 9.80 Å². The van der Waals surface area contributed by atoms with E-state index in [1.165, 1.54) is 0 Å². The molecule has 0 saturated carbocycles. The van der Waals surface area contributed by atoms with Crippen LogP contribution in [0.15, 0.2) is 0 Å². The molecule has 18 heavy (non-hydrogen) atoms. The van der Waals surface area contributed by atoms with E-state index < -0.39 is 5.41 Å². The third-order valence-corrected chi connectivity index (χ3v) is 3.31. The molecule has 106 valence electrons. The van der Waals surface area contributed by atoms with E-state index >= 15 is 0 Å². The van der Waals surface area contributed by atoms with Gasteiger partial charge in [-0.05, 0) is 41.5 Å². The van der Waals surface area contributed by atoms with E-state index in [0.29, 0.717) is 6.73 Å². The molecule has 0 radical (unpaired) electrons. The normalized spacial score (nSPS) is 19.9. The molecule has 0 aromatic rings. The van der Waals surface area contributed by atoms with Crippen LogP contribution in [0.2, 0.25) is 0 Å². The summed E-state index contributed by atoms with van der Waals surface area (Å²) < 4.78 is 5.34. The summed E-state index contributed by atoms with van der Waals surface area (Å²) in [6, 6.07) is 0. The summed E-state index contributed by atoms with van der Waals surface area (Å²) in [5.41, 5.74) is -0.179. The van der Waals surface area contributed by atoms with Crippen LogP contribution in [0.3, 0.4) is 0 Å². The average molecular weight is 256 g/mol. The maximum Gasteiger partial charge on any atom is 0.312 e. The van der Waals surface area contributed by atoms with Gasteiger partial charge in [0.1, 0.15) is 6.73 Å². The standard InChI is InChI=1S/C14H28N2O2/c1-13(2,3)12(17)18-11-15-7-9-16(10-8-15)14(4,5)6/h7-11H2,1-6H3. The Morgan fingerprint density at radius 2 is 1.50 bits per heavy atom. The Bertz CT molecular complexity index is 281. The summed E-state index contributed by atoms with van der Waals surface area (Å²) in [5, 5.41) is 0. The lowest BCUT2D eigenvalue weighted by atomic mass is 9.97. The molecule has 0 unspecified atom stereocenters. The van der Waals surface area contributed by atoms with Crippen LogP contribution in [0.5, 0.6) is 0 Å². The number of hydrogen-bond acceptors (Lipinski definition) is 4.